The van der Waals surface area contributed by atoms with E-state index < -0.39 is 0 Å². The Morgan fingerprint density at radius 1 is 1.14 bits per heavy atom. The summed E-state index contributed by atoms with van der Waals surface area (Å²) < 4.78 is 5.29. The fraction of sp³-hybridized carbons (Fsp3) is 0.368. The Hall–Kier alpha value is -1.80. The van der Waals surface area contributed by atoms with Crippen molar-refractivity contribution in [1.82, 2.24) is 5.32 Å². The molecule has 2 aromatic carbocycles. The van der Waals surface area contributed by atoms with Crippen LogP contribution in [0.5, 0.6) is 5.75 Å². The van der Waals surface area contributed by atoms with E-state index in [1.165, 1.54) is 29.5 Å². The van der Waals surface area contributed by atoms with Gasteiger partial charge in [-0.05, 0) is 54.5 Å². The molecule has 2 heteroatoms. The van der Waals surface area contributed by atoms with Gasteiger partial charge in [-0.15, -0.1) is 0 Å². The number of hydrogen-bond acceptors (Lipinski definition) is 2. The third-order valence-corrected chi connectivity index (χ3v) is 4.21. The zero-order valence-corrected chi connectivity index (χ0v) is 12.8. The van der Waals surface area contributed by atoms with E-state index in [1.54, 1.807) is 7.11 Å². The Labute approximate surface area is 127 Å². The van der Waals surface area contributed by atoms with Gasteiger partial charge in [-0.3, -0.25) is 0 Å². The minimum absolute atomic E-state index is 0.310. The van der Waals surface area contributed by atoms with Gasteiger partial charge >= 0.3 is 0 Å². The average molecular weight is 281 g/mol. The predicted octanol–water partition coefficient (Wildman–Crippen LogP) is 4.42. The van der Waals surface area contributed by atoms with Gasteiger partial charge in [0.25, 0.3) is 0 Å². The third-order valence-electron chi connectivity index (χ3n) is 4.21. The van der Waals surface area contributed by atoms with Crippen LogP contribution in [-0.2, 0) is 6.54 Å². The zero-order chi connectivity index (χ0) is 14.7. The maximum Gasteiger partial charge on any atom is 0.119 e. The van der Waals surface area contributed by atoms with Crippen molar-refractivity contribution in [2.24, 2.45) is 0 Å². The van der Waals surface area contributed by atoms with Crippen molar-refractivity contribution in [3.05, 3.63) is 65.2 Å². The highest BCUT2D eigenvalue weighted by molar-refractivity contribution is 5.31. The van der Waals surface area contributed by atoms with E-state index in [0.29, 0.717) is 6.04 Å². The summed E-state index contributed by atoms with van der Waals surface area (Å²) in [7, 11) is 1.71. The molecule has 3 rings (SSSR count). The fourth-order valence-electron chi connectivity index (χ4n) is 2.67. The minimum Gasteiger partial charge on any atom is -0.497 e. The van der Waals surface area contributed by atoms with Crippen LogP contribution in [0.2, 0.25) is 0 Å². The van der Waals surface area contributed by atoms with Crippen LogP contribution in [-0.4, -0.2) is 7.11 Å². The van der Waals surface area contributed by atoms with Crippen molar-refractivity contribution in [1.29, 1.82) is 0 Å². The smallest absolute Gasteiger partial charge is 0.119 e. The molecule has 0 radical (unpaired) electrons. The van der Waals surface area contributed by atoms with Crippen LogP contribution < -0.4 is 10.1 Å². The van der Waals surface area contributed by atoms with Crippen molar-refractivity contribution in [3.63, 3.8) is 0 Å². The minimum atomic E-state index is 0.310. The molecule has 1 aliphatic rings. The Kier molecular flexibility index (Phi) is 4.26. The molecule has 0 saturated heterocycles. The summed E-state index contributed by atoms with van der Waals surface area (Å²) in [5.74, 6) is 1.73. The molecule has 0 aromatic heterocycles. The third kappa shape index (κ3) is 3.64. The molecule has 1 saturated carbocycles. The number of nitrogens with one attached hydrogen (secondary N) is 1. The molecule has 1 atom stereocenters. The van der Waals surface area contributed by atoms with Gasteiger partial charge < -0.3 is 10.1 Å². The lowest BCUT2D eigenvalue weighted by Gasteiger charge is -2.15. The Morgan fingerprint density at radius 3 is 2.71 bits per heavy atom. The lowest BCUT2D eigenvalue weighted by Crippen LogP contribution is -2.18. The summed E-state index contributed by atoms with van der Waals surface area (Å²) in [5.41, 5.74) is 4.13. The largest absolute Gasteiger partial charge is 0.497 e. The molecule has 2 nitrogen and oxygen atoms in total. The van der Waals surface area contributed by atoms with E-state index >= 15 is 0 Å². The van der Waals surface area contributed by atoms with Gasteiger partial charge in [-0.1, -0.05) is 36.4 Å². The first kappa shape index (κ1) is 14.2. The van der Waals surface area contributed by atoms with Crippen molar-refractivity contribution < 1.29 is 4.74 Å². The molecular formula is C19H23NO. The molecule has 1 aliphatic carbocycles. The van der Waals surface area contributed by atoms with Gasteiger partial charge in [0.1, 0.15) is 5.75 Å². The average Bonchev–Trinajstić information content (AvgIpc) is 3.38. The van der Waals surface area contributed by atoms with Gasteiger partial charge in [-0.2, -0.15) is 0 Å². The van der Waals surface area contributed by atoms with Crippen LogP contribution in [0.1, 0.15) is 48.4 Å². The number of ether oxygens (including phenoxy) is 1. The zero-order valence-electron chi connectivity index (χ0n) is 12.8. The summed E-state index contributed by atoms with van der Waals surface area (Å²) in [5, 5.41) is 3.60. The number of methoxy groups -OCH3 is 1. The van der Waals surface area contributed by atoms with E-state index in [4.69, 9.17) is 4.74 Å². The van der Waals surface area contributed by atoms with Gasteiger partial charge in [0.2, 0.25) is 0 Å². The molecule has 0 aliphatic heterocycles. The summed E-state index contributed by atoms with van der Waals surface area (Å²) >= 11 is 0. The first-order valence-electron chi connectivity index (χ1n) is 7.72. The molecule has 1 fully saturated rings. The second-order valence-corrected chi connectivity index (χ2v) is 5.90. The van der Waals surface area contributed by atoms with E-state index in [0.717, 1.165) is 18.2 Å². The Bertz CT molecular complexity index is 604. The molecule has 1 unspecified atom stereocenters. The fourth-order valence-corrected chi connectivity index (χ4v) is 2.67. The maximum absolute atomic E-state index is 5.29. The topological polar surface area (TPSA) is 21.3 Å². The van der Waals surface area contributed by atoms with E-state index in [-0.39, 0.29) is 0 Å². The van der Waals surface area contributed by atoms with E-state index in [2.05, 4.69) is 48.6 Å². The second-order valence-electron chi connectivity index (χ2n) is 5.90. The molecule has 0 spiro atoms. The van der Waals surface area contributed by atoms with Gasteiger partial charge in [0.05, 0.1) is 7.11 Å². The van der Waals surface area contributed by atoms with Crippen molar-refractivity contribution in [2.45, 2.75) is 38.3 Å². The highest BCUT2D eigenvalue weighted by Gasteiger charge is 2.23. The van der Waals surface area contributed by atoms with Gasteiger partial charge in [0.15, 0.2) is 0 Å². The summed E-state index contributed by atoms with van der Waals surface area (Å²) in [6.45, 7) is 3.10. The van der Waals surface area contributed by atoms with Crippen LogP contribution in [0.15, 0.2) is 48.5 Å². The lowest BCUT2D eigenvalue weighted by atomic mass is 10.1. The van der Waals surface area contributed by atoms with E-state index in [1.807, 2.05) is 12.1 Å². The first-order chi connectivity index (χ1) is 10.3. The predicted molar refractivity (Wildman–Crippen MR) is 86.7 cm³/mol. The van der Waals surface area contributed by atoms with Crippen LogP contribution in [0.3, 0.4) is 0 Å². The van der Waals surface area contributed by atoms with Crippen LogP contribution in [0.25, 0.3) is 0 Å². The molecular weight excluding hydrogens is 258 g/mol. The maximum atomic E-state index is 5.29. The van der Waals surface area contributed by atoms with Gasteiger partial charge in [0, 0.05) is 12.6 Å². The SMILES string of the molecule is COc1cccc(C(C)NCc2cccc(C3CC3)c2)c1. The van der Waals surface area contributed by atoms with Crippen molar-refractivity contribution in [2.75, 3.05) is 7.11 Å². The summed E-state index contributed by atoms with van der Waals surface area (Å²) in [6.07, 6.45) is 2.72. The number of rotatable bonds is 6. The quantitative estimate of drug-likeness (QED) is 0.846. The van der Waals surface area contributed by atoms with Crippen LogP contribution in [0, 0.1) is 0 Å². The monoisotopic (exact) mass is 281 g/mol. The first-order valence-corrected chi connectivity index (χ1v) is 7.72. The van der Waals surface area contributed by atoms with Crippen LogP contribution in [0.4, 0.5) is 0 Å². The molecule has 0 bridgehead atoms. The Balaban J connectivity index is 1.62. The van der Waals surface area contributed by atoms with Crippen molar-refractivity contribution >= 4 is 0 Å². The Morgan fingerprint density at radius 2 is 1.95 bits per heavy atom. The second kappa shape index (κ2) is 6.31. The van der Waals surface area contributed by atoms with E-state index in [9.17, 15) is 0 Å². The molecule has 0 amide bonds. The molecule has 21 heavy (non-hydrogen) atoms. The number of benzene rings is 2. The summed E-state index contributed by atoms with van der Waals surface area (Å²) in [6, 6.07) is 17.6. The molecule has 1 N–H and O–H groups in total. The molecule has 0 heterocycles. The summed E-state index contributed by atoms with van der Waals surface area (Å²) in [4.78, 5) is 0. The van der Waals surface area contributed by atoms with Gasteiger partial charge in [-0.25, -0.2) is 0 Å². The molecule has 2 aromatic rings. The number of hydrogen-bond donors (Lipinski definition) is 1. The van der Waals surface area contributed by atoms with Crippen molar-refractivity contribution in [3.8, 4) is 5.75 Å². The normalized spacial score (nSPS) is 15.7. The lowest BCUT2D eigenvalue weighted by molar-refractivity contribution is 0.413. The highest BCUT2D eigenvalue weighted by Crippen LogP contribution is 2.40. The standard InChI is InChI=1S/C19H23NO/c1-14(17-6-4-8-19(12-17)21-2)20-13-15-5-3-7-18(11-15)16-9-10-16/h3-8,11-12,14,16,20H,9-10,13H2,1-2H3. The molecule has 110 valence electrons. The highest BCUT2D eigenvalue weighted by atomic mass is 16.5. The van der Waals surface area contributed by atoms with Crippen LogP contribution >= 0.6 is 0 Å².